The van der Waals surface area contributed by atoms with Crippen LogP contribution in [0, 0.1) is 0 Å². The number of ether oxygens (including phenoxy) is 1. The van der Waals surface area contributed by atoms with Gasteiger partial charge in [-0.15, -0.1) is 0 Å². The second kappa shape index (κ2) is 5.87. The predicted octanol–water partition coefficient (Wildman–Crippen LogP) is 3.96. The van der Waals surface area contributed by atoms with Crippen molar-refractivity contribution in [3.8, 4) is 5.88 Å². The van der Waals surface area contributed by atoms with Crippen molar-refractivity contribution in [2.45, 2.75) is 26.5 Å². The molecule has 4 heteroatoms. The predicted molar refractivity (Wildman–Crippen MR) is 85.6 cm³/mol. The molecule has 3 aromatic rings. The monoisotopic (exact) mass is 281 g/mol. The highest BCUT2D eigenvalue weighted by Crippen LogP contribution is 2.24. The number of para-hydroxylation sites is 1. The summed E-state index contributed by atoms with van der Waals surface area (Å²) < 4.78 is 5.72. The Labute approximate surface area is 124 Å². The number of nitrogens with one attached hydrogen (secondary N) is 2. The number of nitrogens with zero attached hydrogens (tertiary/aromatic N) is 1. The number of hydrogen-bond donors (Lipinski definition) is 2. The van der Waals surface area contributed by atoms with Crippen molar-refractivity contribution in [1.29, 1.82) is 0 Å². The molecule has 0 bridgehead atoms. The summed E-state index contributed by atoms with van der Waals surface area (Å²) in [5.74, 6) is 0.646. The number of aromatic nitrogens is 2. The normalized spacial score (nSPS) is 11.0. The van der Waals surface area contributed by atoms with E-state index in [1.165, 1.54) is 10.9 Å². The summed E-state index contributed by atoms with van der Waals surface area (Å²) in [5, 5.41) is 4.64. The third-order valence-corrected chi connectivity index (χ3v) is 3.26. The lowest BCUT2D eigenvalue weighted by atomic mass is 10.2. The molecule has 2 heterocycles. The van der Waals surface area contributed by atoms with Crippen LogP contribution in [-0.2, 0) is 6.54 Å². The van der Waals surface area contributed by atoms with Crippen LogP contribution in [0.5, 0.6) is 5.88 Å². The maximum absolute atomic E-state index is 5.72. The molecule has 0 spiro atoms. The molecule has 0 aliphatic rings. The molecule has 0 unspecified atom stereocenters. The SMILES string of the molecule is CC(C)Oc1ncccc1NCc1c[nH]c2ccccc12. The Morgan fingerprint density at radius 1 is 1.19 bits per heavy atom. The second-order valence-corrected chi connectivity index (χ2v) is 5.24. The lowest BCUT2D eigenvalue weighted by Crippen LogP contribution is -2.09. The van der Waals surface area contributed by atoms with Crippen LogP contribution < -0.4 is 10.1 Å². The van der Waals surface area contributed by atoms with Gasteiger partial charge in [-0.25, -0.2) is 4.98 Å². The van der Waals surface area contributed by atoms with Crippen LogP contribution in [-0.4, -0.2) is 16.1 Å². The number of hydrogen-bond acceptors (Lipinski definition) is 3. The smallest absolute Gasteiger partial charge is 0.237 e. The van der Waals surface area contributed by atoms with Gasteiger partial charge in [-0.3, -0.25) is 0 Å². The first-order valence-corrected chi connectivity index (χ1v) is 7.14. The molecular weight excluding hydrogens is 262 g/mol. The standard InChI is InChI=1S/C17H19N3O/c1-12(2)21-17-16(8-5-9-18-17)20-11-13-10-19-15-7-4-3-6-14(13)15/h3-10,12,19-20H,11H2,1-2H3. The second-order valence-electron chi connectivity index (χ2n) is 5.24. The zero-order valence-corrected chi connectivity index (χ0v) is 12.3. The number of anilines is 1. The first-order chi connectivity index (χ1) is 10.2. The zero-order valence-electron chi connectivity index (χ0n) is 12.3. The van der Waals surface area contributed by atoms with Crippen LogP contribution in [0.3, 0.4) is 0 Å². The maximum Gasteiger partial charge on any atom is 0.237 e. The summed E-state index contributed by atoms with van der Waals surface area (Å²) in [6, 6.07) is 12.2. The van der Waals surface area contributed by atoms with Gasteiger partial charge in [0.05, 0.1) is 11.8 Å². The third kappa shape index (κ3) is 2.99. The molecule has 0 aliphatic heterocycles. The molecule has 0 saturated carbocycles. The Morgan fingerprint density at radius 3 is 2.90 bits per heavy atom. The van der Waals surface area contributed by atoms with Gasteiger partial charge in [-0.1, -0.05) is 18.2 Å². The van der Waals surface area contributed by atoms with E-state index in [0.29, 0.717) is 5.88 Å². The van der Waals surface area contributed by atoms with Gasteiger partial charge in [-0.2, -0.15) is 0 Å². The molecule has 0 amide bonds. The molecule has 108 valence electrons. The highest BCUT2D eigenvalue weighted by Gasteiger charge is 2.08. The van der Waals surface area contributed by atoms with Crippen molar-refractivity contribution < 1.29 is 4.74 Å². The van der Waals surface area contributed by atoms with Crippen molar-refractivity contribution in [2.24, 2.45) is 0 Å². The number of fused-ring (bicyclic) bond motifs is 1. The van der Waals surface area contributed by atoms with Crippen molar-refractivity contribution in [3.63, 3.8) is 0 Å². The van der Waals surface area contributed by atoms with Gasteiger partial charge < -0.3 is 15.0 Å². The Hall–Kier alpha value is -2.49. The minimum atomic E-state index is 0.105. The molecular formula is C17H19N3O. The molecule has 4 nitrogen and oxygen atoms in total. The van der Waals surface area contributed by atoms with E-state index < -0.39 is 0 Å². The lowest BCUT2D eigenvalue weighted by Gasteiger charge is -2.13. The quantitative estimate of drug-likeness (QED) is 0.744. The topological polar surface area (TPSA) is 49.9 Å². The fourth-order valence-corrected chi connectivity index (χ4v) is 2.31. The van der Waals surface area contributed by atoms with Crippen LogP contribution in [0.2, 0.25) is 0 Å². The lowest BCUT2D eigenvalue weighted by molar-refractivity contribution is 0.234. The minimum absolute atomic E-state index is 0.105. The minimum Gasteiger partial charge on any atom is -0.473 e. The number of benzene rings is 1. The summed E-state index contributed by atoms with van der Waals surface area (Å²) in [5.41, 5.74) is 3.29. The average Bonchev–Trinajstić information content (AvgIpc) is 2.89. The van der Waals surface area contributed by atoms with Gasteiger partial charge in [0.1, 0.15) is 0 Å². The van der Waals surface area contributed by atoms with Crippen LogP contribution in [0.15, 0.2) is 48.8 Å². The molecule has 0 radical (unpaired) electrons. The molecule has 2 N–H and O–H groups in total. The molecule has 0 aliphatic carbocycles. The summed E-state index contributed by atoms with van der Waals surface area (Å²) in [4.78, 5) is 7.57. The molecule has 0 saturated heterocycles. The molecule has 1 aromatic carbocycles. The Kier molecular flexibility index (Phi) is 3.77. The Balaban J connectivity index is 1.79. The van der Waals surface area contributed by atoms with Crippen molar-refractivity contribution in [3.05, 3.63) is 54.4 Å². The number of pyridine rings is 1. The Bertz CT molecular complexity index is 733. The van der Waals surface area contributed by atoms with Gasteiger partial charge in [0.2, 0.25) is 5.88 Å². The van der Waals surface area contributed by atoms with Crippen molar-refractivity contribution >= 4 is 16.6 Å². The van der Waals surface area contributed by atoms with E-state index >= 15 is 0 Å². The van der Waals surface area contributed by atoms with Gasteiger partial charge >= 0.3 is 0 Å². The first kappa shape index (κ1) is 13.5. The maximum atomic E-state index is 5.72. The fraction of sp³-hybridized carbons (Fsp3) is 0.235. The zero-order chi connectivity index (χ0) is 14.7. The van der Waals surface area contributed by atoms with Gasteiger partial charge in [-0.05, 0) is 37.6 Å². The molecule has 2 aromatic heterocycles. The summed E-state index contributed by atoms with van der Waals surface area (Å²) in [6.45, 7) is 4.72. The third-order valence-electron chi connectivity index (χ3n) is 3.26. The van der Waals surface area contributed by atoms with Crippen LogP contribution in [0.4, 0.5) is 5.69 Å². The van der Waals surface area contributed by atoms with Gasteiger partial charge in [0.15, 0.2) is 0 Å². The van der Waals surface area contributed by atoms with Crippen LogP contribution in [0.25, 0.3) is 10.9 Å². The largest absolute Gasteiger partial charge is 0.473 e. The number of H-pyrrole nitrogens is 1. The molecule has 0 atom stereocenters. The van der Waals surface area contributed by atoms with E-state index in [1.807, 2.05) is 38.2 Å². The molecule has 3 rings (SSSR count). The van der Waals surface area contributed by atoms with E-state index in [4.69, 9.17) is 4.74 Å². The Morgan fingerprint density at radius 2 is 2.05 bits per heavy atom. The van der Waals surface area contributed by atoms with E-state index in [9.17, 15) is 0 Å². The van der Waals surface area contributed by atoms with Crippen molar-refractivity contribution in [1.82, 2.24) is 9.97 Å². The van der Waals surface area contributed by atoms with Gasteiger partial charge in [0, 0.05) is 29.8 Å². The summed E-state index contributed by atoms with van der Waals surface area (Å²) in [7, 11) is 0. The fourth-order valence-electron chi connectivity index (χ4n) is 2.31. The summed E-state index contributed by atoms with van der Waals surface area (Å²) >= 11 is 0. The highest BCUT2D eigenvalue weighted by atomic mass is 16.5. The van der Waals surface area contributed by atoms with E-state index in [-0.39, 0.29) is 6.10 Å². The van der Waals surface area contributed by atoms with Gasteiger partial charge in [0.25, 0.3) is 0 Å². The number of aromatic amines is 1. The number of rotatable bonds is 5. The highest BCUT2D eigenvalue weighted by molar-refractivity contribution is 5.83. The first-order valence-electron chi connectivity index (χ1n) is 7.14. The van der Waals surface area contributed by atoms with Crippen molar-refractivity contribution in [2.75, 3.05) is 5.32 Å². The van der Waals surface area contributed by atoms with Crippen LogP contribution in [0.1, 0.15) is 19.4 Å². The van der Waals surface area contributed by atoms with E-state index in [2.05, 4.69) is 33.5 Å². The average molecular weight is 281 g/mol. The van der Waals surface area contributed by atoms with E-state index in [0.717, 1.165) is 17.7 Å². The van der Waals surface area contributed by atoms with E-state index in [1.54, 1.807) is 6.20 Å². The van der Waals surface area contributed by atoms with Crippen LogP contribution >= 0.6 is 0 Å². The molecule has 21 heavy (non-hydrogen) atoms. The summed E-state index contributed by atoms with van der Waals surface area (Å²) in [6.07, 6.45) is 3.89. The molecule has 0 fully saturated rings.